The molecular formula is C23H15NO3. The summed E-state index contributed by atoms with van der Waals surface area (Å²) in [5.41, 5.74) is 4.31. The highest BCUT2D eigenvalue weighted by Crippen LogP contribution is 2.37. The second-order valence-electron chi connectivity index (χ2n) is 6.45. The zero-order valence-corrected chi connectivity index (χ0v) is 14.3. The number of carbonyl (C=O) groups excluding carboxylic acids is 1. The minimum absolute atomic E-state index is 0.0693. The molecule has 0 fully saturated rings. The highest BCUT2D eigenvalue weighted by atomic mass is 16.5. The van der Waals surface area contributed by atoms with E-state index in [0.717, 1.165) is 27.7 Å². The molecule has 4 nitrogen and oxygen atoms in total. The molecule has 2 N–H and O–H groups in total. The molecule has 5 rings (SSSR count). The quantitative estimate of drug-likeness (QED) is 0.490. The van der Waals surface area contributed by atoms with E-state index < -0.39 is 0 Å². The number of ether oxygens (including phenoxy) is 1. The van der Waals surface area contributed by atoms with E-state index in [0.29, 0.717) is 11.3 Å². The monoisotopic (exact) mass is 353 g/mol. The van der Waals surface area contributed by atoms with Crippen molar-refractivity contribution in [2.75, 3.05) is 0 Å². The molecule has 0 aliphatic carbocycles. The molecule has 1 aliphatic rings. The van der Waals surface area contributed by atoms with Gasteiger partial charge in [0, 0.05) is 22.5 Å². The van der Waals surface area contributed by atoms with E-state index >= 15 is 0 Å². The fraction of sp³-hybridized carbons (Fsp3) is 0. The summed E-state index contributed by atoms with van der Waals surface area (Å²) in [6, 6.07) is 22.5. The highest BCUT2D eigenvalue weighted by molar-refractivity contribution is 6.15. The minimum Gasteiger partial charge on any atom is -0.508 e. The number of fused-ring (bicyclic) bond motifs is 2. The number of nitrogens with one attached hydrogen (secondary N) is 1. The smallest absolute Gasteiger partial charge is 0.231 e. The molecule has 1 aliphatic heterocycles. The summed E-state index contributed by atoms with van der Waals surface area (Å²) >= 11 is 0. The summed E-state index contributed by atoms with van der Waals surface area (Å²) in [5.74, 6) is 0.513. The summed E-state index contributed by atoms with van der Waals surface area (Å²) in [6.07, 6.45) is 1.78. The third-order valence-corrected chi connectivity index (χ3v) is 4.74. The first-order chi connectivity index (χ1) is 13.2. The van der Waals surface area contributed by atoms with Crippen molar-refractivity contribution >= 4 is 22.8 Å². The summed E-state index contributed by atoms with van der Waals surface area (Å²) in [4.78, 5) is 16.2. The predicted molar refractivity (Wildman–Crippen MR) is 105 cm³/mol. The van der Waals surface area contributed by atoms with E-state index in [-0.39, 0.29) is 17.3 Å². The molecular weight excluding hydrogens is 338 g/mol. The Morgan fingerprint density at radius 3 is 2.56 bits per heavy atom. The van der Waals surface area contributed by atoms with Crippen molar-refractivity contribution in [3.8, 4) is 22.8 Å². The largest absolute Gasteiger partial charge is 0.508 e. The molecule has 2 heterocycles. The van der Waals surface area contributed by atoms with Crippen molar-refractivity contribution in [2.24, 2.45) is 0 Å². The van der Waals surface area contributed by atoms with E-state index in [1.54, 1.807) is 12.1 Å². The van der Waals surface area contributed by atoms with Crippen molar-refractivity contribution in [2.45, 2.75) is 0 Å². The van der Waals surface area contributed by atoms with Crippen molar-refractivity contribution in [3.05, 3.63) is 89.7 Å². The fourth-order valence-electron chi connectivity index (χ4n) is 3.45. The average Bonchev–Trinajstić information content (AvgIpc) is 3.21. The number of aromatic hydroxyl groups is 1. The molecule has 0 saturated heterocycles. The van der Waals surface area contributed by atoms with Gasteiger partial charge in [-0.1, -0.05) is 48.5 Å². The van der Waals surface area contributed by atoms with Crippen LogP contribution in [0.25, 0.3) is 28.2 Å². The van der Waals surface area contributed by atoms with Gasteiger partial charge >= 0.3 is 0 Å². The number of allylic oxidation sites excluding steroid dienone is 1. The number of H-pyrrole nitrogens is 1. The number of para-hydroxylation sites is 1. The van der Waals surface area contributed by atoms with Gasteiger partial charge in [0.05, 0.1) is 11.3 Å². The zero-order valence-electron chi connectivity index (χ0n) is 14.3. The molecule has 0 radical (unpaired) electrons. The van der Waals surface area contributed by atoms with Crippen LogP contribution in [0.1, 0.15) is 15.9 Å². The first-order valence-corrected chi connectivity index (χ1v) is 8.64. The van der Waals surface area contributed by atoms with Gasteiger partial charge in [0.25, 0.3) is 0 Å². The fourth-order valence-corrected chi connectivity index (χ4v) is 3.45. The number of benzene rings is 3. The van der Waals surface area contributed by atoms with Crippen LogP contribution >= 0.6 is 0 Å². The lowest BCUT2D eigenvalue weighted by Gasteiger charge is -2.03. The third-order valence-electron chi connectivity index (χ3n) is 4.74. The van der Waals surface area contributed by atoms with Gasteiger partial charge in [-0.15, -0.1) is 0 Å². The molecule has 130 valence electrons. The standard InChI is InChI=1S/C23H15NO3/c25-15-10-11-17-20(12-15)27-21(23(17)26)13-18-16-8-4-5-9-19(16)24-22(18)14-6-2-1-3-7-14/h1-13,24-25H. The van der Waals surface area contributed by atoms with Crippen molar-refractivity contribution in [3.63, 3.8) is 0 Å². The summed E-state index contributed by atoms with van der Waals surface area (Å²) < 4.78 is 5.75. The second kappa shape index (κ2) is 5.88. The second-order valence-corrected chi connectivity index (χ2v) is 6.45. The molecule has 0 spiro atoms. The van der Waals surface area contributed by atoms with Crippen LogP contribution in [-0.2, 0) is 0 Å². The average molecular weight is 353 g/mol. The molecule has 4 heteroatoms. The molecule has 0 saturated carbocycles. The first-order valence-electron chi connectivity index (χ1n) is 8.64. The number of aromatic amines is 1. The Kier molecular flexibility index (Phi) is 3.37. The highest BCUT2D eigenvalue weighted by Gasteiger charge is 2.28. The van der Waals surface area contributed by atoms with Crippen LogP contribution in [0.2, 0.25) is 0 Å². The summed E-state index contributed by atoms with van der Waals surface area (Å²) in [6.45, 7) is 0. The lowest BCUT2D eigenvalue weighted by atomic mass is 10.0. The summed E-state index contributed by atoms with van der Waals surface area (Å²) in [5, 5.41) is 10.7. The SMILES string of the molecule is O=C1C(=Cc2c(-c3ccccc3)[nH]c3ccccc23)Oc2cc(O)ccc21. The normalized spacial score (nSPS) is 14.5. The molecule has 1 aromatic heterocycles. The Morgan fingerprint density at radius 2 is 1.70 bits per heavy atom. The number of ketones is 1. The van der Waals surface area contributed by atoms with Gasteiger partial charge in [-0.3, -0.25) is 4.79 Å². The van der Waals surface area contributed by atoms with Crippen LogP contribution < -0.4 is 4.74 Å². The Labute approximate surface area is 155 Å². The van der Waals surface area contributed by atoms with Crippen molar-refractivity contribution in [1.82, 2.24) is 4.98 Å². The van der Waals surface area contributed by atoms with E-state index in [1.165, 1.54) is 12.1 Å². The van der Waals surface area contributed by atoms with Crippen LogP contribution in [0.3, 0.4) is 0 Å². The molecule has 27 heavy (non-hydrogen) atoms. The maximum atomic E-state index is 12.7. The van der Waals surface area contributed by atoms with Crippen LogP contribution in [0.15, 0.2) is 78.6 Å². The first kappa shape index (κ1) is 15.5. The summed E-state index contributed by atoms with van der Waals surface area (Å²) in [7, 11) is 0. The zero-order chi connectivity index (χ0) is 18.4. The Bertz CT molecular complexity index is 1220. The van der Waals surface area contributed by atoms with Gasteiger partial charge in [-0.25, -0.2) is 0 Å². The van der Waals surface area contributed by atoms with Gasteiger partial charge in [-0.2, -0.15) is 0 Å². The number of aromatic nitrogens is 1. The molecule has 3 aromatic carbocycles. The molecule has 0 atom stereocenters. The lowest BCUT2D eigenvalue weighted by molar-refractivity contribution is 0.101. The number of carbonyl (C=O) groups is 1. The number of Topliss-reactive ketones (excluding diaryl/α,β-unsaturated/α-hetero) is 1. The molecule has 0 unspecified atom stereocenters. The maximum Gasteiger partial charge on any atom is 0.231 e. The van der Waals surface area contributed by atoms with Gasteiger partial charge in [0.15, 0.2) is 5.76 Å². The lowest BCUT2D eigenvalue weighted by Crippen LogP contribution is -1.98. The number of phenols is 1. The van der Waals surface area contributed by atoms with Crippen LogP contribution in [-0.4, -0.2) is 15.9 Å². The molecule has 0 bridgehead atoms. The number of phenolic OH excluding ortho intramolecular Hbond substituents is 1. The number of hydrogen-bond donors (Lipinski definition) is 2. The van der Waals surface area contributed by atoms with Crippen LogP contribution in [0, 0.1) is 0 Å². The van der Waals surface area contributed by atoms with E-state index in [1.807, 2.05) is 54.6 Å². The van der Waals surface area contributed by atoms with Crippen LogP contribution in [0.5, 0.6) is 11.5 Å². The maximum absolute atomic E-state index is 12.7. The van der Waals surface area contributed by atoms with Gasteiger partial charge < -0.3 is 14.8 Å². The van der Waals surface area contributed by atoms with E-state index in [9.17, 15) is 9.90 Å². The Hall–Kier alpha value is -3.79. The molecule has 4 aromatic rings. The predicted octanol–water partition coefficient (Wildman–Crippen LogP) is 5.16. The van der Waals surface area contributed by atoms with E-state index in [4.69, 9.17) is 4.74 Å². The number of hydrogen-bond acceptors (Lipinski definition) is 3. The minimum atomic E-state index is -0.186. The van der Waals surface area contributed by atoms with Gasteiger partial charge in [0.1, 0.15) is 11.5 Å². The van der Waals surface area contributed by atoms with Crippen LogP contribution in [0.4, 0.5) is 0 Å². The number of rotatable bonds is 2. The van der Waals surface area contributed by atoms with Crippen molar-refractivity contribution < 1.29 is 14.6 Å². The van der Waals surface area contributed by atoms with Gasteiger partial charge in [-0.05, 0) is 29.8 Å². The van der Waals surface area contributed by atoms with E-state index in [2.05, 4.69) is 4.98 Å². The van der Waals surface area contributed by atoms with Crippen molar-refractivity contribution in [1.29, 1.82) is 0 Å². The molecule has 0 amide bonds. The Balaban J connectivity index is 1.70. The van der Waals surface area contributed by atoms with Gasteiger partial charge in [0.2, 0.25) is 5.78 Å². The topological polar surface area (TPSA) is 62.3 Å². The third kappa shape index (κ3) is 2.50. The Morgan fingerprint density at radius 1 is 0.926 bits per heavy atom.